The van der Waals surface area contributed by atoms with E-state index in [0.717, 1.165) is 0 Å². The molecule has 0 spiro atoms. The summed E-state index contributed by atoms with van der Waals surface area (Å²) in [5.74, 6) is 0. The standard InChI is InChI=1S/C7H10N2O2/c1-11-5-4-9-6-8-3-2-7(9)10/h2-3,6H,4-5H2,1H3. The van der Waals surface area contributed by atoms with Gasteiger partial charge in [-0.15, -0.1) is 0 Å². The molecule has 4 nitrogen and oxygen atoms in total. The van der Waals surface area contributed by atoms with Gasteiger partial charge < -0.3 is 4.74 Å². The van der Waals surface area contributed by atoms with Gasteiger partial charge in [0, 0.05) is 19.4 Å². The van der Waals surface area contributed by atoms with Crippen LogP contribution in [-0.4, -0.2) is 23.3 Å². The van der Waals surface area contributed by atoms with Gasteiger partial charge in [0.2, 0.25) is 0 Å². The molecule has 0 amide bonds. The second-order valence-corrected chi connectivity index (χ2v) is 2.10. The average Bonchev–Trinajstić information content (AvgIpc) is 2.03. The maximum atomic E-state index is 11.0. The van der Waals surface area contributed by atoms with Crippen molar-refractivity contribution in [3.8, 4) is 0 Å². The zero-order valence-electron chi connectivity index (χ0n) is 6.36. The highest BCUT2D eigenvalue weighted by Crippen LogP contribution is 1.77. The van der Waals surface area contributed by atoms with E-state index in [0.29, 0.717) is 13.2 Å². The van der Waals surface area contributed by atoms with Crippen LogP contribution in [-0.2, 0) is 11.3 Å². The van der Waals surface area contributed by atoms with Crippen LogP contribution >= 0.6 is 0 Å². The summed E-state index contributed by atoms with van der Waals surface area (Å²) in [6.45, 7) is 1.09. The van der Waals surface area contributed by atoms with E-state index in [4.69, 9.17) is 4.74 Å². The summed E-state index contributed by atoms with van der Waals surface area (Å²) in [7, 11) is 1.60. The molecule has 0 bridgehead atoms. The summed E-state index contributed by atoms with van der Waals surface area (Å²) in [5, 5.41) is 0. The van der Waals surface area contributed by atoms with E-state index in [1.807, 2.05) is 0 Å². The number of hydrogen-bond donors (Lipinski definition) is 0. The molecule has 1 aromatic rings. The van der Waals surface area contributed by atoms with E-state index in [9.17, 15) is 4.79 Å². The van der Waals surface area contributed by atoms with E-state index < -0.39 is 0 Å². The van der Waals surface area contributed by atoms with Crippen LogP contribution in [0.25, 0.3) is 0 Å². The van der Waals surface area contributed by atoms with Crippen molar-refractivity contribution < 1.29 is 4.74 Å². The predicted octanol–water partition coefficient (Wildman–Crippen LogP) is -0.110. The van der Waals surface area contributed by atoms with Crippen molar-refractivity contribution in [2.75, 3.05) is 13.7 Å². The second-order valence-electron chi connectivity index (χ2n) is 2.10. The largest absolute Gasteiger partial charge is 0.383 e. The molecule has 0 saturated carbocycles. The molecule has 1 rings (SSSR count). The summed E-state index contributed by atoms with van der Waals surface area (Å²) in [6, 6.07) is 1.43. The monoisotopic (exact) mass is 154 g/mol. The molecule has 0 radical (unpaired) electrons. The fourth-order valence-corrected chi connectivity index (χ4v) is 0.736. The minimum Gasteiger partial charge on any atom is -0.383 e. The first-order chi connectivity index (χ1) is 5.34. The van der Waals surface area contributed by atoms with Crippen molar-refractivity contribution in [1.29, 1.82) is 0 Å². The van der Waals surface area contributed by atoms with Crippen LogP contribution in [0.15, 0.2) is 23.4 Å². The summed E-state index contributed by atoms with van der Waals surface area (Å²) < 4.78 is 6.32. The number of hydrogen-bond acceptors (Lipinski definition) is 3. The topological polar surface area (TPSA) is 44.1 Å². The van der Waals surface area contributed by atoms with Crippen molar-refractivity contribution in [1.82, 2.24) is 9.55 Å². The smallest absolute Gasteiger partial charge is 0.253 e. The maximum absolute atomic E-state index is 11.0. The number of nitrogens with zero attached hydrogens (tertiary/aromatic N) is 2. The van der Waals surface area contributed by atoms with Crippen LogP contribution in [0.2, 0.25) is 0 Å². The third kappa shape index (κ3) is 2.16. The van der Waals surface area contributed by atoms with Crippen LogP contribution < -0.4 is 5.56 Å². The molecule has 0 aliphatic carbocycles. The first-order valence-electron chi connectivity index (χ1n) is 3.34. The molecular formula is C7H10N2O2. The minimum absolute atomic E-state index is 0.0444. The van der Waals surface area contributed by atoms with E-state index in [1.54, 1.807) is 7.11 Å². The molecule has 0 aromatic carbocycles. The molecule has 0 unspecified atom stereocenters. The zero-order chi connectivity index (χ0) is 8.10. The van der Waals surface area contributed by atoms with Crippen molar-refractivity contribution in [3.05, 3.63) is 28.9 Å². The highest BCUT2D eigenvalue weighted by Gasteiger charge is 1.91. The normalized spacial score (nSPS) is 9.91. The van der Waals surface area contributed by atoms with Gasteiger partial charge in [0.25, 0.3) is 5.56 Å². The molecule has 0 saturated heterocycles. The van der Waals surface area contributed by atoms with Gasteiger partial charge in [-0.25, -0.2) is 4.98 Å². The second kappa shape index (κ2) is 3.88. The third-order valence-corrected chi connectivity index (χ3v) is 1.33. The molecule has 11 heavy (non-hydrogen) atoms. The Labute approximate surface area is 64.5 Å². The summed E-state index contributed by atoms with van der Waals surface area (Å²) in [4.78, 5) is 14.8. The van der Waals surface area contributed by atoms with Crippen LogP contribution in [0.4, 0.5) is 0 Å². The summed E-state index contributed by atoms with van der Waals surface area (Å²) >= 11 is 0. The van der Waals surface area contributed by atoms with Gasteiger partial charge in [-0.05, 0) is 0 Å². The van der Waals surface area contributed by atoms with Crippen molar-refractivity contribution in [3.63, 3.8) is 0 Å². The first-order valence-corrected chi connectivity index (χ1v) is 3.34. The molecule has 1 heterocycles. The molecule has 1 aromatic heterocycles. The average molecular weight is 154 g/mol. The molecule has 4 heteroatoms. The van der Waals surface area contributed by atoms with Gasteiger partial charge >= 0.3 is 0 Å². The van der Waals surface area contributed by atoms with E-state index in [2.05, 4.69) is 4.98 Å². The third-order valence-electron chi connectivity index (χ3n) is 1.33. The Morgan fingerprint density at radius 2 is 2.55 bits per heavy atom. The Balaban J connectivity index is 2.70. The van der Waals surface area contributed by atoms with Crippen molar-refractivity contribution in [2.24, 2.45) is 0 Å². The molecule has 0 atom stereocenters. The Morgan fingerprint density at radius 3 is 3.18 bits per heavy atom. The van der Waals surface area contributed by atoms with Crippen molar-refractivity contribution >= 4 is 0 Å². The highest BCUT2D eigenvalue weighted by molar-refractivity contribution is 4.81. The number of aromatic nitrogens is 2. The van der Waals surface area contributed by atoms with Crippen molar-refractivity contribution in [2.45, 2.75) is 6.54 Å². The van der Waals surface area contributed by atoms with E-state index >= 15 is 0 Å². The maximum Gasteiger partial charge on any atom is 0.253 e. The Hall–Kier alpha value is -1.16. The molecule has 0 fully saturated rings. The quantitative estimate of drug-likeness (QED) is 0.610. The van der Waals surface area contributed by atoms with Crippen LogP contribution in [0, 0.1) is 0 Å². The molecule has 0 aliphatic rings. The van der Waals surface area contributed by atoms with Crippen LogP contribution in [0.3, 0.4) is 0 Å². The Morgan fingerprint density at radius 1 is 1.73 bits per heavy atom. The van der Waals surface area contributed by atoms with Crippen LogP contribution in [0.5, 0.6) is 0 Å². The van der Waals surface area contributed by atoms with E-state index in [1.165, 1.54) is 23.2 Å². The van der Waals surface area contributed by atoms with Gasteiger partial charge in [0.05, 0.1) is 19.5 Å². The zero-order valence-corrected chi connectivity index (χ0v) is 6.36. The van der Waals surface area contributed by atoms with Gasteiger partial charge in [0.1, 0.15) is 0 Å². The Bertz CT molecular complexity index is 269. The predicted molar refractivity (Wildman–Crippen MR) is 40.4 cm³/mol. The van der Waals surface area contributed by atoms with Gasteiger partial charge in [-0.3, -0.25) is 9.36 Å². The van der Waals surface area contributed by atoms with Crippen LogP contribution in [0.1, 0.15) is 0 Å². The summed E-state index contributed by atoms with van der Waals surface area (Å²) in [5.41, 5.74) is -0.0444. The lowest BCUT2D eigenvalue weighted by molar-refractivity contribution is 0.186. The molecule has 0 N–H and O–H groups in total. The highest BCUT2D eigenvalue weighted by atomic mass is 16.5. The lowest BCUT2D eigenvalue weighted by Crippen LogP contribution is -2.20. The lowest BCUT2D eigenvalue weighted by atomic mass is 10.6. The van der Waals surface area contributed by atoms with Gasteiger partial charge in [-0.1, -0.05) is 0 Å². The molecular weight excluding hydrogens is 144 g/mol. The fourth-order valence-electron chi connectivity index (χ4n) is 0.736. The first kappa shape index (κ1) is 7.94. The van der Waals surface area contributed by atoms with Gasteiger partial charge in [0.15, 0.2) is 0 Å². The lowest BCUT2D eigenvalue weighted by Gasteiger charge is -2.01. The molecule has 60 valence electrons. The Kier molecular flexibility index (Phi) is 2.80. The number of methoxy groups -OCH3 is 1. The summed E-state index contributed by atoms with van der Waals surface area (Å²) in [6.07, 6.45) is 2.98. The number of ether oxygens (including phenoxy) is 1. The van der Waals surface area contributed by atoms with E-state index in [-0.39, 0.29) is 5.56 Å². The van der Waals surface area contributed by atoms with Gasteiger partial charge in [-0.2, -0.15) is 0 Å². The fraction of sp³-hybridized carbons (Fsp3) is 0.429. The molecule has 0 aliphatic heterocycles. The number of rotatable bonds is 3. The SMILES string of the molecule is COCCn1cnccc1=O. The minimum atomic E-state index is -0.0444.